The summed E-state index contributed by atoms with van der Waals surface area (Å²) in [6.45, 7) is 2.80. The lowest BCUT2D eigenvalue weighted by Crippen LogP contribution is -2.36. The molecular formula is C31H25ClN2O3. The van der Waals surface area contributed by atoms with Crippen molar-refractivity contribution in [3.63, 3.8) is 0 Å². The Kier molecular flexibility index (Phi) is 7.06. The summed E-state index contributed by atoms with van der Waals surface area (Å²) in [6, 6.07) is 30.1. The highest BCUT2D eigenvalue weighted by Crippen LogP contribution is 2.36. The maximum atomic E-state index is 13.4. The lowest BCUT2D eigenvalue weighted by molar-refractivity contribution is -0.117. The van der Waals surface area contributed by atoms with E-state index in [4.69, 9.17) is 16.3 Å². The molecule has 1 heterocycles. The average molecular weight is 509 g/mol. The number of carbonyl (C=O) groups is 2. The molecule has 5 rings (SSSR count). The van der Waals surface area contributed by atoms with Gasteiger partial charge in [-0.05, 0) is 60.0 Å². The average Bonchev–Trinajstić information content (AvgIpc) is 2.92. The van der Waals surface area contributed by atoms with E-state index in [0.29, 0.717) is 29.4 Å². The van der Waals surface area contributed by atoms with Crippen LogP contribution in [0.25, 0.3) is 6.08 Å². The minimum atomic E-state index is -0.221. The van der Waals surface area contributed by atoms with Gasteiger partial charge in [-0.1, -0.05) is 83.9 Å². The quantitative estimate of drug-likeness (QED) is 0.301. The van der Waals surface area contributed by atoms with Crippen molar-refractivity contribution in [2.24, 2.45) is 0 Å². The number of hydrogen-bond acceptors (Lipinski definition) is 3. The molecule has 0 bridgehead atoms. The molecule has 5 nitrogen and oxygen atoms in total. The lowest BCUT2D eigenvalue weighted by atomic mass is 10.1. The summed E-state index contributed by atoms with van der Waals surface area (Å²) in [5, 5.41) is 3.49. The van der Waals surface area contributed by atoms with E-state index >= 15 is 0 Å². The van der Waals surface area contributed by atoms with Crippen LogP contribution in [0.5, 0.6) is 5.75 Å². The van der Waals surface area contributed by atoms with Crippen LogP contribution in [-0.2, 0) is 17.9 Å². The molecule has 0 spiro atoms. The highest BCUT2D eigenvalue weighted by molar-refractivity contribution is 6.31. The van der Waals surface area contributed by atoms with Gasteiger partial charge in [-0.2, -0.15) is 0 Å². The number of fused-ring (bicyclic) bond motifs is 1. The molecule has 184 valence electrons. The van der Waals surface area contributed by atoms with Gasteiger partial charge >= 0.3 is 0 Å². The maximum Gasteiger partial charge on any atom is 0.294 e. The van der Waals surface area contributed by atoms with Gasteiger partial charge in [0.2, 0.25) is 0 Å². The Bertz CT molecular complexity index is 1480. The Morgan fingerprint density at radius 2 is 1.62 bits per heavy atom. The standard InChI is InChI=1S/C31H25ClN2O3/c1-21-10-12-23(13-11-21)20-34-27-8-4-5-9-28(27)37-29(31(34)36)18-22-14-16-24(17-15-22)30(35)33-19-25-6-2-3-7-26(25)32/h2-18H,19-20H2,1H3,(H,33,35)/b29-18+. The highest BCUT2D eigenvalue weighted by atomic mass is 35.5. The third kappa shape index (κ3) is 5.57. The van der Waals surface area contributed by atoms with Crippen LogP contribution in [-0.4, -0.2) is 11.8 Å². The number of benzene rings is 4. The summed E-state index contributed by atoms with van der Waals surface area (Å²) in [6.07, 6.45) is 1.70. The van der Waals surface area contributed by atoms with E-state index in [-0.39, 0.29) is 17.6 Å². The molecule has 0 atom stereocenters. The molecule has 37 heavy (non-hydrogen) atoms. The summed E-state index contributed by atoms with van der Waals surface area (Å²) in [7, 11) is 0. The van der Waals surface area contributed by atoms with E-state index in [9.17, 15) is 9.59 Å². The number of nitrogens with zero attached hydrogens (tertiary/aromatic N) is 1. The van der Waals surface area contributed by atoms with Crippen LogP contribution in [0.3, 0.4) is 0 Å². The number of rotatable bonds is 6. The predicted octanol–water partition coefficient (Wildman–Crippen LogP) is 6.55. The molecule has 4 aromatic carbocycles. The van der Waals surface area contributed by atoms with Gasteiger partial charge in [0.25, 0.3) is 11.8 Å². The van der Waals surface area contributed by atoms with Crippen molar-refractivity contribution < 1.29 is 14.3 Å². The van der Waals surface area contributed by atoms with E-state index in [1.807, 2.05) is 73.7 Å². The number of ether oxygens (including phenoxy) is 1. The summed E-state index contributed by atoms with van der Waals surface area (Å²) >= 11 is 6.17. The second kappa shape index (κ2) is 10.7. The Labute approximate surface area is 221 Å². The van der Waals surface area contributed by atoms with E-state index < -0.39 is 0 Å². The van der Waals surface area contributed by atoms with Gasteiger partial charge in [-0.3, -0.25) is 14.5 Å². The monoisotopic (exact) mass is 508 g/mol. The maximum absolute atomic E-state index is 13.4. The van der Waals surface area contributed by atoms with E-state index in [1.165, 1.54) is 5.56 Å². The van der Waals surface area contributed by atoms with Gasteiger partial charge in [-0.15, -0.1) is 0 Å². The Hall–Kier alpha value is -4.35. The normalized spacial score (nSPS) is 13.7. The fourth-order valence-corrected chi connectivity index (χ4v) is 4.30. The molecule has 0 saturated heterocycles. The van der Waals surface area contributed by atoms with Crippen molar-refractivity contribution >= 4 is 35.2 Å². The van der Waals surface area contributed by atoms with Gasteiger partial charge < -0.3 is 10.1 Å². The van der Waals surface area contributed by atoms with Gasteiger partial charge in [-0.25, -0.2) is 0 Å². The molecule has 0 saturated carbocycles. The third-order valence-electron chi connectivity index (χ3n) is 6.16. The SMILES string of the molecule is Cc1ccc(CN2C(=O)/C(=C\c3ccc(C(=O)NCc4ccccc4Cl)cc3)Oc3ccccc32)cc1. The van der Waals surface area contributed by atoms with Crippen LogP contribution in [0.4, 0.5) is 5.69 Å². The second-order valence-electron chi connectivity index (χ2n) is 8.85. The van der Waals surface area contributed by atoms with Crippen molar-refractivity contribution in [3.05, 3.63) is 136 Å². The number of para-hydroxylation sites is 2. The van der Waals surface area contributed by atoms with Gasteiger partial charge in [0, 0.05) is 17.1 Å². The minimum Gasteiger partial charge on any atom is -0.449 e. The van der Waals surface area contributed by atoms with Crippen LogP contribution in [0.1, 0.15) is 32.6 Å². The zero-order valence-corrected chi connectivity index (χ0v) is 21.0. The summed E-state index contributed by atoms with van der Waals surface area (Å²) in [4.78, 5) is 27.8. The van der Waals surface area contributed by atoms with Crippen LogP contribution >= 0.6 is 11.6 Å². The Morgan fingerprint density at radius 1 is 0.919 bits per heavy atom. The van der Waals surface area contributed by atoms with E-state index in [0.717, 1.165) is 22.4 Å². The molecule has 0 aliphatic carbocycles. The van der Waals surface area contributed by atoms with Crippen LogP contribution in [0.15, 0.2) is 103 Å². The fraction of sp³-hybridized carbons (Fsp3) is 0.0968. The molecule has 2 amide bonds. The fourth-order valence-electron chi connectivity index (χ4n) is 4.10. The predicted molar refractivity (Wildman–Crippen MR) is 146 cm³/mol. The molecule has 4 aromatic rings. The number of amides is 2. The third-order valence-corrected chi connectivity index (χ3v) is 6.53. The number of halogens is 1. The zero-order valence-electron chi connectivity index (χ0n) is 20.3. The molecule has 1 aliphatic heterocycles. The Balaban J connectivity index is 1.33. The smallest absolute Gasteiger partial charge is 0.294 e. The number of carbonyl (C=O) groups excluding carboxylic acids is 2. The number of hydrogen-bond donors (Lipinski definition) is 1. The number of aryl methyl sites for hydroxylation is 1. The Morgan fingerprint density at radius 3 is 2.38 bits per heavy atom. The number of anilines is 1. The van der Waals surface area contributed by atoms with Crippen molar-refractivity contribution in [1.29, 1.82) is 0 Å². The second-order valence-corrected chi connectivity index (χ2v) is 9.26. The van der Waals surface area contributed by atoms with Crippen molar-refractivity contribution in [1.82, 2.24) is 5.32 Å². The van der Waals surface area contributed by atoms with Crippen LogP contribution in [0.2, 0.25) is 5.02 Å². The molecule has 0 radical (unpaired) electrons. The lowest BCUT2D eigenvalue weighted by Gasteiger charge is -2.30. The first-order chi connectivity index (χ1) is 18.0. The molecule has 0 aromatic heterocycles. The van der Waals surface area contributed by atoms with Crippen molar-refractivity contribution in [2.75, 3.05) is 4.90 Å². The van der Waals surface area contributed by atoms with Crippen LogP contribution < -0.4 is 15.0 Å². The molecular weight excluding hydrogens is 484 g/mol. The molecule has 0 fully saturated rings. The topological polar surface area (TPSA) is 58.6 Å². The van der Waals surface area contributed by atoms with Gasteiger partial charge in [0.1, 0.15) is 0 Å². The summed E-state index contributed by atoms with van der Waals surface area (Å²) in [5.41, 5.74) is 5.04. The highest BCUT2D eigenvalue weighted by Gasteiger charge is 2.30. The van der Waals surface area contributed by atoms with Gasteiger partial charge in [0.15, 0.2) is 11.5 Å². The van der Waals surface area contributed by atoms with Gasteiger partial charge in [0.05, 0.1) is 12.2 Å². The van der Waals surface area contributed by atoms with E-state index in [2.05, 4.69) is 5.32 Å². The first-order valence-corrected chi connectivity index (χ1v) is 12.3. The zero-order chi connectivity index (χ0) is 25.8. The molecule has 0 unspecified atom stereocenters. The molecule has 6 heteroatoms. The molecule has 1 N–H and O–H groups in total. The largest absolute Gasteiger partial charge is 0.449 e. The molecule has 1 aliphatic rings. The summed E-state index contributed by atoms with van der Waals surface area (Å²) < 4.78 is 5.99. The van der Waals surface area contributed by atoms with Crippen molar-refractivity contribution in [3.8, 4) is 5.75 Å². The first-order valence-electron chi connectivity index (χ1n) is 12.0. The minimum absolute atomic E-state index is 0.206. The van der Waals surface area contributed by atoms with Crippen molar-refractivity contribution in [2.45, 2.75) is 20.0 Å². The van der Waals surface area contributed by atoms with Crippen LogP contribution in [0, 0.1) is 6.92 Å². The number of nitrogens with one attached hydrogen (secondary N) is 1. The van der Waals surface area contributed by atoms with E-state index in [1.54, 1.807) is 41.3 Å². The first kappa shape index (κ1) is 24.3. The summed E-state index contributed by atoms with van der Waals surface area (Å²) in [5.74, 6) is 0.418.